The summed E-state index contributed by atoms with van der Waals surface area (Å²) in [5, 5.41) is 9.78. The fourth-order valence-corrected chi connectivity index (χ4v) is 2.48. The Labute approximate surface area is 128 Å². The van der Waals surface area contributed by atoms with Crippen LogP contribution in [0.2, 0.25) is 0 Å². The number of nitrogens with one attached hydrogen (secondary N) is 2. The lowest BCUT2D eigenvalue weighted by Gasteiger charge is -2.09. The molecule has 1 saturated heterocycles. The average Bonchev–Trinajstić information content (AvgIpc) is 3.15. The van der Waals surface area contributed by atoms with Crippen LogP contribution in [-0.2, 0) is 22.7 Å². The number of aromatic nitrogens is 2. The second-order valence-corrected chi connectivity index (χ2v) is 5.41. The van der Waals surface area contributed by atoms with Crippen molar-refractivity contribution in [2.45, 2.75) is 32.0 Å². The van der Waals surface area contributed by atoms with Gasteiger partial charge in [-0.15, -0.1) is 0 Å². The monoisotopic (exact) mass is 298 g/mol. The second-order valence-electron chi connectivity index (χ2n) is 5.41. The van der Waals surface area contributed by atoms with Crippen molar-refractivity contribution in [1.82, 2.24) is 20.4 Å². The molecule has 1 atom stereocenters. The van der Waals surface area contributed by atoms with E-state index in [0.29, 0.717) is 25.9 Å². The molecular weight excluding hydrogens is 280 g/mol. The molecule has 2 heterocycles. The molecule has 6 nitrogen and oxygen atoms in total. The minimum absolute atomic E-state index is 0.0594. The quantitative estimate of drug-likeness (QED) is 0.858. The normalized spacial score (nSPS) is 17.3. The second kappa shape index (κ2) is 6.43. The van der Waals surface area contributed by atoms with Gasteiger partial charge in [0.1, 0.15) is 6.04 Å². The van der Waals surface area contributed by atoms with E-state index in [4.69, 9.17) is 0 Å². The molecule has 1 aliphatic heterocycles. The highest BCUT2D eigenvalue weighted by atomic mass is 16.2. The summed E-state index contributed by atoms with van der Waals surface area (Å²) in [6.07, 6.45) is 4.65. The molecule has 0 aliphatic carbocycles. The molecule has 0 bridgehead atoms. The van der Waals surface area contributed by atoms with Crippen LogP contribution in [0.1, 0.15) is 24.0 Å². The number of amides is 2. The van der Waals surface area contributed by atoms with Crippen LogP contribution in [0.3, 0.4) is 0 Å². The molecule has 1 aromatic carbocycles. The molecule has 2 amide bonds. The van der Waals surface area contributed by atoms with E-state index in [1.165, 1.54) is 5.56 Å². The summed E-state index contributed by atoms with van der Waals surface area (Å²) in [5.74, 6) is -0.197. The van der Waals surface area contributed by atoms with Gasteiger partial charge in [0.05, 0.1) is 12.7 Å². The zero-order valence-corrected chi connectivity index (χ0v) is 12.2. The minimum Gasteiger partial charge on any atom is -0.350 e. The van der Waals surface area contributed by atoms with Crippen LogP contribution in [0.4, 0.5) is 0 Å². The molecule has 0 spiro atoms. The fourth-order valence-electron chi connectivity index (χ4n) is 2.48. The van der Waals surface area contributed by atoms with Crippen molar-refractivity contribution in [3.05, 3.63) is 53.9 Å². The van der Waals surface area contributed by atoms with E-state index in [1.54, 1.807) is 6.20 Å². The van der Waals surface area contributed by atoms with Crippen molar-refractivity contribution >= 4 is 11.8 Å². The van der Waals surface area contributed by atoms with Crippen LogP contribution in [0, 0.1) is 0 Å². The molecule has 0 saturated carbocycles. The molecule has 22 heavy (non-hydrogen) atoms. The van der Waals surface area contributed by atoms with Gasteiger partial charge in [-0.2, -0.15) is 5.10 Å². The third-order valence-electron chi connectivity index (χ3n) is 3.65. The Kier molecular flexibility index (Phi) is 4.18. The van der Waals surface area contributed by atoms with E-state index < -0.39 is 6.04 Å². The summed E-state index contributed by atoms with van der Waals surface area (Å²) < 4.78 is 1.84. The van der Waals surface area contributed by atoms with E-state index in [1.807, 2.05) is 41.2 Å². The molecule has 114 valence electrons. The summed E-state index contributed by atoms with van der Waals surface area (Å²) in [6.45, 7) is 1.12. The zero-order valence-electron chi connectivity index (χ0n) is 12.2. The Bertz CT molecular complexity index is 666. The SMILES string of the molecule is O=C1CC[C@@H](C(=O)NCc2cnn(Cc3ccccc3)c2)N1. The molecule has 6 heteroatoms. The van der Waals surface area contributed by atoms with Gasteiger partial charge in [-0.05, 0) is 12.0 Å². The van der Waals surface area contributed by atoms with Crippen LogP contribution in [0.25, 0.3) is 0 Å². The van der Waals surface area contributed by atoms with Gasteiger partial charge in [-0.25, -0.2) is 0 Å². The first-order chi connectivity index (χ1) is 10.7. The summed E-state index contributed by atoms with van der Waals surface area (Å²) in [6, 6.07) is 9.67. The highest BCUT2D eigenvalue weighted by molar-refractivity contribution is 5.90. The van der Waals surface area contributed by atoms with Crippen molar-refractivity contribution in [2.75, 3.05) is 0 Å². The van der Waals surface area contributed by atoms with Crippen LogP contribution < -0.4 is 10.6 Å². The smallest absolute Gasteiger partial charge is 0.242 e. The first-order valence-corrected chi connectivity index (χ1v) is 7.33. The first-order valence-electron chi connectivity index (χ1n) is 7.33. The molecule has 1 aliphatic rings. The molecule has 0 unspecified atom stereocenters. The van der Waals surface area contributed by atoms with E-state index in [-0.39, 0.29) is 11.8 Å². The summed E-state index contributed by atoms with van der Waals surface area (Å²) in [7, 11) is 0. The Morgan fingerprint density at radius 2 is 2.14 bits per heavy atom. The molecule has 1 fully saturated rings. The lowest BCUT2D eigenvalue weighted by atomic mass is 10.2. The largest absolute Gasteiger partial charge is 0.350 e. The molecule has 2 N–H and O–H groups in total. The van der Waals surface area contributed by atoms with Gasteiger partial charge in [0.15, 0.2) is 0 Å². The van der Waals surface area contributed by atoms with Gasteiger partial charge in [0.2, 0.25) is 11.8 Å². The van der Waals surface area contributed by atoms with Gasteiger partial charge < -0.3 is 10.6 Å². The lowest BCUT2D eigenvalue weighted by Crippen LogP contribution is -2.41. The predicted octanol–water partition coefficient (Wildman–Crippen LogP) is 0.826. The summed E-state index contributed by atoms with van der Waals surface area (Å²) >= 11 is 0. The molecule has 0 radical (unpaired) electrons. The Morgan fingerprint density at radius 1 is 1.32 bits per heavy atom. The van der Waals surface area contributed by atoms with E-state index in [0.717, 1.165) is 5.56 Å². The fraction of sp³-hybridized carbons (Fsp3) is 0.312. The van der Waals surface area contributed by atoms with Gasteiger partial charge in [-0.1, -0.05) is 30.3 Å². The highest BCUT2D eigenvalue weighted by Crippen LogP contribution is 2.07. The number of benzene rings is 1. The molecule has 3 rings (SSSR count). The zero-order chi connectivity index (χ0) is 15.4. The van der Waals surface area contributed by atoms with Crippen molar-refractivity contribution in [3.63, 3.8) is 0 Å². The Balaban J connectivity index is 1.51. The predicted molar refractivity (Wildman–Crippen MR) is 80.8 cm³/mol. The molecule has 2 aromatic rings. The van der Waals surface area contributed by atoms with E-state index in [9.17, 15) is 9.59 Å². The van der Waals surface area contributed by atoms with Crippen molar-refractivity contribution < 1.29 is 9.59 Å². The molecular formula is C16H18N4O2. The van der Waals surface area contributed by atoms with Crippen molar-refractivity contribution in [2.24, 2.45) is 0 Å². The third-order valence-corrected chi connectivity index (χ3v) is 3.65. The average molecular weight is 298 g/mol. The number of hydrogen-bond acceptors (Lipinski definition) is 3. The minimum atomic E-state index is -0.396. The van der Waals surface area contributed by atoms with Gasteiger partial charge in [-0.3, -0.25) is 14.3 Å². The number of carbonyl (C=O) groups excluding carboxylic acids is 2. The number of carbonyl (C=O) groups is 2. The third kappa shape index (κ3) is 3.52. The maximum Gasteiger partial charge on any atom is 0.242 e. The van der Waals surface area contributed by atoms with Gasteiger partial charge in [0.25, 0.3) is 0 Å². The Morgan fingerprint density at radius 3 is 2.86 bits per heavy atom. The van der Waals surface area contributed by atoms with Crippen molar-refractivity contribution in [1.29, 1.82) is 0 Å². The van der Waals surface area contributed by atoms with Gasteiger partial charge >= 0.3 is 0 Å². The van der Waals surface area contributed by atoms with Crippen LogP contribution in [-0.4, -0.2) is 27.6 Å². The topological polar surface area (TPSA) is 76.0 Å². The Hall–Kier alpha value is -2.63. The van der Waals surface area contributed by atoms with Crippen LogP contribution in [0.5, 0.6) is 0 Å². The number of hydrogen-bond donors (Lipinski definition) is 2. The lowest BCUT2D eigenvalue weighted by molar-refractivity contribution is -0.125. The van der Waals surface area contributed by atoms with Crippen molar-refractivity contribution in [3.8, 4) is 0 Å². The number of rotatable bonds is 5. The number of nitrogens with zero attached hydrogens (tertiary/aromatic N) is 2. The van der Waals surface area contributed by atoms with E-state index >= 15 is 0 Å². The molecule has 1 aromatic heterocycles. The van der Waals surface area contributed by atoms with Crippen LogP contribution >= 0.6 is 0 Å². The van der Waals surface area contributed by atoms with Crippen LogP contribution in [0.15, 0.2) is 42.7 Å². The first kappa shape index (κ1) is 14.3. The summed E-state index contributed by atoms with van der Waals surface area (Å²) in [5.41, 5.74) is 2.11. The standard InChI is InChI=1S/C16H18N4O2/c21-15-7-6-14(19-15)16(22)17-8-13-9-18-20(11-13)10-12-4-2-1-3-5-12/h1-5,9,11,14H,6-8,10H2,(H,17,22)(H,19,21)/t14-/m0/s1. The maximum absolute atomic E-state index is 11.9. The summed E-state index contributed by atoms with van der Waals surface area (Å²) in [4.78, 5) is 23.0. The van der Waals surface area contributed by atoms with E-state index in [2.05, 4.69) is 15.7 Å². The highest BCUT2D eigenvalue weighted by Gasteiger charge is 2.26. The maximum atomic E-state index is 11.9. The van der Waals surface area contributed by atoms with Gasteiger partial charge in [0, 0.05) is 24.7 Å².